The van der Waals surface area contributed by atoms with Crippen LogP contribution >= 0.6 is 0 Å². The van der Waals surface area contributed by atoms with Crippen LogP contribution in [0.2, 0.25) is 0 Å². The molecular weight excluding hydrogens is 588 g/mol. The van der Waals surface area contributed by atoms with Gasteiger partial charge in [-0.05, 0) is 0 Å². The van der Waals surface area contributed by atoms with E-state index >= 15 is 0 Å². The molecule has 23 heteroatoms. The SMILES string of the molecule is OC1C(O)C(O)C(O)C(O)C1O.OC1C[C@@H](O)C(O)C(O)[C@@H]1O.O[B-]12OC3C4O[B-]5(O)OC3C(O1)C(O5)C4O2.[Na+].[Na+]. The van der Waals surface area contributed by atoms with E-state index < -0.39 is 118 Å². The third-order valence-corrected chi connectivity index (χ3v) is 7.99. The van der Waals surface area contributed by atoms with E-state index in [0.717, 1.165) is 0 Å². The molecule has 0 spiro atoms. The molecule has 9 aliphatic rings. The Labute approximate surface area is 275 Å². The molecule has 3 unspecified atom stereocenters. The summed E-state index contributed by atoms with van der Waals surface area (Å²) < 4.78 is 31.6. The Morgan fingerprint density at radius 3 is 0.707 bits per heavy atom. The van der Waals surface area contributed by atoms with Crippen molar-refractivity contribution >= 4 is 13.9 Å². The number of aliphatic hydroxyl groups excluding tert-OH is 11. The van der Waals surface area contributed by atoms with Crippen LogP contribution in [0.4, 0.5) is 0 Å². The van der Waals surface area contributed by atoms with Crippen molar-refractivity contribution in [1.82, 2.24) is 0 Å². The molecule has 0 aromatic carbocycles. The van der Waals surface area contributed by atoms with E-state index in [-0.39, 0.29) is 65.5 Å². The first-order chi connectivity index (χ1) is 18.1. The maximum atomic E-state index is 9.83. The minimum atomic E-state index is -2.70. The fraction of sp³-hybridized carbons (Fsp3) is 1.00. The number of rotatable bonds is 0. The second-order valence-corrected chi connectivity index (χ2v) is 10.6. The van der Waals surface area contributed by atoms with Gasteiger partial charge in [0.25, 0.3) is 0 Å². The standard InChI is InChI=1S/C6H8B2O8.C6H12O6.C6H12O5.2Na/c9-7-11-1-2-4(14-7)6-5(15-7)3(1)13-8(10,12-2)16-6;7-1-2(8)4(10)6(12)5(11)3(1)9;7-2-1-3(8)5(10)6(11)4(2)9;;/h1-6,9-10H;1-12H;2-11H,1H2;;/q-2;;;2*+1/t;;2-,3?,4?,5-,6?;;/m..1../s1. The van der Waals surface area contributed by atoms with E-state index in [1.54, 1.807) is 0 Å². The van der Waals surface area contributed by atoms with Crippen LogP contribution in [0.3, 0.4) is 0 Å². The summed E-state index contributed by atoms with van der Waals surface area (Å²) in [4.78, 5) is 0. The normalized spacial score (nSPS) is 59.2. The molecular formula is C18H32B2Na2O19. The number of hydrogen-bond donors (Lipinski definition) is 13. The summed E-state index contributed by atoms with van der Waals surface area (Å²) in [6, 6.07) is 0. The molecule has 3 aliphatic carbocycles. The maximum Gasteiger partial charge on any atom is 1.00 e. The third kappa shape index (κ3) is 6.49. The average Bonchev–Trinajstić information content (AvgIpc) is 2.89. The second-order valence-electron chi connectivity index (χ2n) is 10.6. The van der Waals surface area contributed by atoms with Crippen LogP contribution in [0.15, 0.2) is 0 Å². The van der Waals surface area contributed by atoms with Gasteiger partial charge in [0.1, 0.15) is 54.9 Å². The molecule has 8 bridgehead atoms. The Balaban J connectivity index is 0.000000170. The van der Waals surface area contributed by atoms with Gasteiger partial charge in [-0.3, -0.25) is 0 Å². The van der Waals surface area contributed by atoms with Crippen molar-refractivity contribution in [1.29, 1.82) is 0 Å². The molecule has 9 rings (SSSR count). The molecule has 6 heterocycles. The quantitative estimate of drug-likeness (QED) is 0.112. The Hall–Kier alpha value is 1.37. The smallest absolute Gasteiger partial charge is 0.533 e. The van der Waals surface area contributed by atoms with Crippen molar-refractivity contribution in [3.63, 3.8) is 0 Å². The Kier molecular flexibility index (Phi) is 11.9. The summed E-state index contributed by atoms with van der Waals surface area (Å²) in [6.45, 7) is -5.40. The molecule has 226 valence electrons. The zero-order chi connectivity index (χ0) is 28.8. The summed E-state index contributed by atoms with van der Waals surface area (Å²) in [6.07, 6.45) is -19.3. The first kappa shape index (κ1) is 36.8. The van der Waals surface area contributed by atoms with Gasteiger partial charge in [0.2, 0.25) is 0 Å². The first-order valence-corrected chi connectivity index (χ1v) is 12.3. The zero-order valence-corrected chi connectivity index (χ0v) is 25.9. The van der Waals surface area contributed by atoms with Crippen molar-refractivity contribution in [2.24, 2.45) is 0 Å². The molecule has 0 aromatic rings. The van der Waals surface area contributed by atoms with Gasteiger partial charge in [0.05, 0.1) is 48.8 Å². The van der Waals surface area contributed by atoms with E-state index in [2.05, 4.69) is 0 Å². The zero-order valence-electron chi connectivity index (χ0n) is 21.9. The molecule has 19 nitrogen and oxygen atoms in total. The van der Waals surface area contributed by atoms with E-state index in [0.29, 0.717) is 0 Å². The van der Waals surface area contributed by atoms with E-state index in [9.17, 15) is 10.0 Å². The maximum absolute atomic E-state index is 9.83. The van der Waals surface area contributed by atoms with Crippen LogP contribution in [-0.2, 0) is 27.9 Å². The molecule has 41 heavy (non-hydrogen) atoms. The van der Waals surface area contributed by atoms with Gasteiger partial charge in [0, 0.05) is 6.42 Å². The Morgan fingerprint density at radius 1 is 0.341 bits per heavy atom. The van der Waals surface area contributed by atoms with Crippen LogP contribution in [0.5, 0.6) is 0 Å². The van der Waals surface area contributed by atoms with Crippen molar-refractivity contribution < 1.29 is 153 Å². The minimum Gasteiger partial charge on any atom is -0.533 e. The van der Waals surface area contributed by atoms with Crippen molar-refractivity contribution in [2.75, 3.05) is 0 Å². The van der Waals surface area contributed by atoms with Gasteiger partial charge in [-0.2, -0.15) is 0 Å². The van der Waals surface area contributed by atoms with Gasteiger partial charge in [-0.15, -0.1) is 0 Å². The van der Waals surface area contributed by atoms with E-state index in [1.807, 2.05) is 0 Å². The van der Waals surface area contributed by atoms with Gasteiger partial charge in [-0.25, -0.2) is 0 Å². The fourth-order valence-electron chi connectivity index (χ4n) is 5.83. The van der Waals surface area contributed by atoms with Crippen molar-refractivity contribution in [3.8, 4) is 0 Å². The van der Waals surface area contributed by atoms with Gasteiger partial charge in [-0.1, -0.05) is 0 Å². The molecule has 13 N–H and O–H groups in total. The van der Waals surface area contributed by atoms with Gasteiger partial charge in [0.15, 0.2) is 0 Å². The molecule has 9 fully saturated rings. The minimum absolute atomic E-state index is 0. The van der Waals surface area contributed by atoms with Crippen LogP contribution < -0.4 is 59.1 Å². The second kappa shape index (κ2) is 13.2. The molecule has 3 saturated carbocycles. The summed E-state index contributed by atoms with van der Waals surface area (Å²) in [5.41, 5.74) is 0. The first-order valence-electron chi connectivity index (χ1n) is 12.3. The largest absolute Gasteiger partial charge is 1.00 e. The predicted octanol–water partition coefficient (Wildman–Crippen LogP) is -15.4. The topological polar surface area (TPSA) is 318 Å². The number of aliphatic hydroxyl groups is 11. The number of hydrogen-bond acceptors (Lipinski definition) is 19. The monoisotopic (exact) mass is 620 g/mol. The molecule has 0 amide bonds. The summed E-state index contributed by atoms with van der Waals surface area (Å²) in [5.74, 6) is 0. The summed E-state index contributed by atoms with van der Waals surface area (Å²) in [5, 5.41) is 118. The van der Waals surface area contributed by atoms with E-state index in [1.165, 1.54) is 0 Å². The fourth-order valence-corrected chi connectivity index (χ4v) is 5.83. The molecule has 5 atom stereocenters. The predicted molar refractivity (Wildman–Crippen MR) is 116 cm³/mol. The summed E-state index contributed by atoms with van der Waals surface area (Å²) in [7, 11) is 0. The van der Waals surface area contributed by atoms with Crippen LogP contribution in [0.25, 0.3) is 0 Å². The Morgan fingerprint density at radius 2 is 0.512 bits per heavy atom. The van der Waals surface area contributed by atoms with Crippen LogP contribution in [0, 0.1) is 0 Å². The Bertz CT molecular complexity index is 740. The average molecular weight is 620 g/mol. The molecule has 0 aromatic heterocycles. The van der Waals surface area contributed by atoms with Crippen molar-refractivity contribution in [3.05, 3.63) is 0 Å². The third-order valence-electron chi connectivity index (χ3n) is 7.99. The van der Waals surface area contributed by atoms with Gasteiger partial charge < -0.3 is 94.1 Å². The van der Waals surface area contributed by atoms with Crippen LogP contribution in [0.1, 0.15) is 6.42 Å². The molecule has 6 saturated heterocycles. The van der Waals surface area contributed by atoms with Gasteiger partial charge >= 0.3 is 73.0 Å². The molecule has 6 aliphatic heterocycles. The summed E-state index contributed by atoms with van der Waals surface area (Å²) >= 11 is 0. The van der Waals surface area contributed by atoms with Crippen LogP contribution in [-0.4, -0.2) is 184 Å². The van der Waals surface area contributed by atoms with Crippen molar-refractivity contribution in [2.45, 2.75) is 110 Å². The molecule has 0 radical (unpaired) electrons. The van der Waals surface area contributed by atoms with E-state index in [4.69, 9.17) is 84.1 Å².